The lowest BCUT2D eigenvalue weighted by Crippen LogP contribution is -2.18. The highest BCUT2D eigenvalue weighted by atomic mass is 16.5. The summed E-state index contributed by atoms with van der Waals surface area (Å²) in [4.78, 5) is 0. The fourth-order valence-electron chi connectivity index (χ4n) is 2.76. The molecular formula is C19H32O2. The van der Waals surface area contributed by atoms with Crippen LogP contribution in [0.25, 0.3) is 0 Å². The molecule has 21 heavy (non-hydrogen) atoms. The molecule has 0 atom stereocenters. The SMILES string of the molecule is CCc1c(O)cc(C(C)(C)CCCC(C)(C)C)cc1OC. The molecule has 1 N–H and O–H groups in total. The van der Waals surface area contributed by atoms with Crippen LogP contribution < -0.4 is 4.74 Å². The number of rotatable bonds is 6. The van der Waals surface area contributed by atoms with Crippen LogP contribution in [0.1, 0.15) is 71.9 Å². The summed E-state index contributed by atoms with van der Waals surface area (Å²) >= 11 is 0. The number of phenolic OH excluding ortho intramolecular Hbond substituents is 1. The Kier molecular flexibility index (Phi) is 5.72. The molecule has 2 nitrogen and oxygen atoms in total. The van der Waals surface area contributed by atoms with Crippen LogP contribution in [0, 0.1) is 5.41 Å². The van der Waals surface area contributed by atoms with E-state index in [1.165, 1.54) is 12.8 Å². The molecule has 0 fully saturated rings. The standard InChI is InChI=1S/C19H32O2/c1-8-15-16(20)12-14(13-17(15)21-7)19(5,6)11-9-10-18(2,3)4/h12-13,20H,8-11H2,1-7H3. The highest BCUT2D eigenvalue weighted by Crippen LogP contribution is 2.38. The maximum Gasteiger partial charge on any atom is 0.126 e. The summed E-state index contributed by atoms with van der Waals surface area (Å²) in [5.41, 5.74) is 2.47. The Morgan fingerprint density at radius 2 is 1.67 bits per heavy atom. The maximum atomic E-state index is 10.2. The van der Waals surface area contributed by atoms with Crippen LogP contribution in [0.3, 0.4) is 0 Å². The molecule has 0 saturated carbocycles. The number of benzene rings is 1. The van der Waals surface area contributed by atoms with Gasteiger partial charge in [-0.15, -0.1) is 0 Å². The van der Waals surface area contributed by atoms with Gasteiger partial charge in [0.15, 0.2) is 0 Å². The second-order valence-electron chi connectivity index (χ2n) is 7.83. The summed E-state index contributed by atoms with van der Waals surface area (Å²) in [5, 5.41) is 10.2. The lowest BCUT2D eigenvalue weighted by atomic mass is 9.77. The molecule has 0 saturated heterocycles. The van der Waals surface area contributed by atoms with Gasteiger partial charge in [0.2, 0.25) is 0 Å². The van der Waals surface area contributed by atoms with Crippen molar-refractivity contribution in [1.29, 1.82) is 0 Å². The Morgan fingerprint density at radius 1 is 1.05 bits per heavy atom. The molecule has 0 aliphatic carbocycles. The van der Waals surface area contributed by atoms with Crippen molar-refractivity contribution in [3.05, 3.63) is 23.3 Å². The minimum Gasteiger partial charge on any atom is -0.508 e. The predicted molar refractivity (Wildman–Crippen MR) is 90.4 cm³/mol. The Bertz CT molecular complexity index is 467. The number of phenols is 1. The van der Waals surface area contributed by atoms with Crippen LogP contribution in [0.5, 0.6) is 11.5 Å². The third kappa shape index (κ3) is 4.94. The minimum atomic E-state index is 0.0439. The van der Waals surface area contributed by atoms with E-state index in [4.69, 9.17) is 4.74 Å². The lowest BCUT2D eigenvalue weighted by molar-refractivity contribution is 0.332. The third-order valence-electron chi connectivity index (χ3n) is 4.27. The van der Waals surface area contributed by atoms with Gasteiger partial charge < -0.3 is 9.84 Å². The first kappa shape index (κ1) is 17.9. The molecule has 2 heteroatoms. The van der Waals surface area contributed by atoms with Crippen molar-refractivity contribution in [2.75, 3.05) is 7.11 Å². The number of aromatic hydroxyl groups is 1. The van der Waals surface area contributed by atoms with Crippen molar-refractivity contribution in [1.82, 2.24) is 0 Å². The van der Waals surface area contributed by atoms with E-state index in [0.717, 1.165) is 29.7 Å². The average Bonchev–Trinajstić information content (AvgIpc) is 2.35. The Labute approximate surface area is 130 Å². The average molecular weight is 292 g/mol. The van der Waals surface area contributed by atoms with Crippen molar-refractivity contribution in [3.8, 4) is 11.5 Å². The molecule has 120 valence electrons. The molecule has 0 unspecified atom stereocenters. The molecule has 0 aliphatic rings. The van der Waals surface area contributed by atoms with Crippen molar-refractivity contribution < 1.29 is 9.84 Å². The van der Waals surface area contributed by atoms with Gasteiger partial charge in [0, 0.05) is 5.56 Å². The number of methoxy groups -OCH3 is 1. The van der Waals surface area contributed by atoms with E-state index in [9.17, 15) is 5.11 Å². The van der Waals surface area contributed by atoms with E-state index >= 15 is 0 Å². The fourth-order valence-corrected chi connectivity index (χ4v) is 2.76. The number of ether oxygens (including phenoxy) is 1. The smallest absolute Gasteiger partial charge is 0.126 e. The Balaban J connectivity index is 2.95. The molecule has 1 aromatic carbocycles. The molecule has 0 amide bonds. The van der Waals surface area contributed by atoms with Gasteiger partial charge in [0.25, 0.3) is 0 Å². The second-order valence-corrected chi connectivity index (χ2v) is 7.83. The molecular weight excluding hydrogens is 260 g/mol. The molecule has 0 aliphatic heterocycles. The summed E-state index contributed by atoms with van der Waals surface area (Å²) < 4.78 is 5.45. The van der Waals surface area contributed by atoms with Crippen LogP contribution in [0.15, 0.2) is 12.1 Å². The van der Waals surface area contributed by atoms with E-state index < -0.39 is 0 Å². The molecule has 1 rings (SSSR count). The minimum absolute atomic E-state index is 0.0439. The van der Waals surface area contributed by atoms with Gasteiger partial charge in [-0.1, -0.05) is 48.0 Å². The van der Waals surface area contributed by atoms with Crippen molar-refractivity contribution in [2.45, 2.75) is 72.6 Å². The molecule has 0 aromatic heterocycles. The highest BCUT2D eigenvalue weighted by Gasteiger charge is 2.24. The second kappa shape index (κ2) is 6.72. The zero-order valence-corrected chi connectivity index (χ0v) is 14.8. The van der Waals surface area contributed by atoms with E-state index in [1.807, 2.05) is 13.0 Å². The van der Waals surface area contributed by atoms with Gasteiger partial charge in [0.1, 0.15) is 11.5 Å². The lowest BCUT2D eigenvalue weighted by Gasteiger charge is -2.28. The molecule has 0 bridgehead atoms. The van der Waals surface area contributed by atoms with Gasteiger partial charge >= 0.3 is 0 Å². The molecule has 1 aromatic rings. The first-order valence-electron chi connectivity index (χ1n) is 8.01. The van der Waals surface area contributed by atoms with Gasteiger partial charge in [-0.3, -0.25) is 0 Å². The fraction of sp³-hybridized carbons (Fsp3) is 0.684. The van der Waals surface area contributed by atoms with Crippen LogP contribution >= 0.6 is 0 Å². The van der Waals surface area contributed by atoms with Gasteiger partial charge in [-0.2, -0.15) is 0 Å². The van der Waals surface area contributed by atoms with Crippen molar-refractivity contribution >= 4 is 0 Å². The van der Waals surface area contributed by atoms with Gasteiger partial charge in [-0.25, -0.2) is 0 Å². The topological polar surface area (TPSA) is 29.5 Å². The van der Waals surface area contributed by atoms with E-state index in [2.05, 4.69) is 40.7 Å². The summed E-state index contributed by atoms with van der Waals surface area (Å²) in [6.45, 7) is 13.4. The summed E-state index contributed by atoms with van der Waals surface area (Å²) in [6.07, 6.45) is 4.29. The Hall–Kier alpha value is -1.18. The van der Waals surface area contributed by atoms with Crippen LogP contribution in [-0.2, 0) is 11.8 Å². The first-order chi connectivity index (χ1) is 9.60. The normalized spacial score (nSPS) is 12.5. The van der Waals surface area contributed by atoms with Crippen LogP contribution in [0.2, 0.25) is 0 Å². The zero-order valence-electron chi connectivity index (χ0n) is 14.8. The van der Waals surface area contributed by atoms with E-state index in [0.29, 0.717) is 11.2 Å². The van der Waals surface area contributed by atoms with Gasteiger partial charge in [-0.05, 0) is 47.8 Å². The maximum absolute atomic E-state index is 10.2. The highest BCUT2D eigenvalue weighted by molar-refractivity contribution is 5.49. The zero-order chi connectivity index (χ0) is 16.3. The first-order valence-corrected chi connectivity index (χ1v) is 8.01. The summed E-state index contributed by atoms with van der Waals surface area (Å²) in [7, 11) is 1.67. The summed E-state index contributed by atoms with van der Waals surface area (Å²) in [6, 6.07) is 4.01. The largest absolute Gasteiger partial charge is 0.508 e. The van der Waals surface area contributed by atoms with E-state index in [-0.39, 0.29) is 5.41 Å². The van der Waals surface area contributed by atoms with Crippen LogP contribution in [-0.4, -0.2) is 12.2 Å². The predicted octanol–water partition coefficient (Wildman–Crippen LogP) is 5.46. The third-order valence-corrected chi connectivity index (χ3v) is 4.27. The molecule has 0 radical (unpaired) electrons. The van der Waals surface area contributed by atoms with Crippen molar-refractivity contribution in [2.24, 2.45) is 5.41 Å². The van der Waals surface area contributed by atoms with Crippen LogP contribution in [0.4, 0.5) is 0 Å². The van der Waals surface area contributed by atoms with Crippen molar-refractivity contribution in [3.63, 3.8) is 0 Å². The molecule has 0 spiro atoms. The summed E-state index contributed by atoms with van der Waals surface area (Å²) in [5.74, 6) is 1.16. The number of hydrogen-bond donors (Lipinski definition) is 1. The Morgan fingerprint density at radius 3 is 2.14 bits per heavy atom. The van der Waals surface area contributed by atoms with E-state index in [1.54, 1.807) is 7.11 Å². The number of hydrogen-bond acceptors (Lipinski definition) is 2. The van der Waals surface area contributed by atoms with Gasteiger partial charge in [0.05, 0.1) is 7.11 Å². The quantitative estimate of drug-likeness (QED) is 0.754. The molecule has 0 heterocycles. The monoisotopic (exact) mass is 292 g/mol.